The van der Waals surface area contributed by atoms with Gasteiger partial charge in [0, 0.05) is 17.0 Å². The Balaban J connectivity index is 3.81. The molecule has 3 unspecified atom stereocenters. The van der Waals surface area contributed by atoms with Gasteiger partial charge in [-0.1, -0.05) is 41.0 Å². The van der Waals surface area contributed by atoms with Gasteiger partial charge in [-0.15, -0.1) is 0 Å². The van der Waals surface area contributed by atoms with Crippen LogP contribution in [0.2, 0.25) is 0 Å². The summed E-state index contributed by atoms with van der Waals surface area (Å²) in [7, 11) is 0. The van der Waals surface area contributed by atoms with Crippen molar-refractivity contribution in [2.75, 3.05) is 12.3 Å². The molecular weight excluding hydrogens is 202 g/mol. The van der Waals surface area contributed by atoms with Gasteiger partial charge in [0.1, 0.15) is 0 Å². The van der Waals surface area contributed by atoms with Crippen LogP contribution < -0.4 is 5.32 Å². The van der Waals surface area contributed by atoms with Crippen LogP contribution in [-0.2, 0) is 0 Å². The lowest BCUT2D eigenvalue weighted by Crippen LogP contribution is -2.33. The SMILES string of the molecule is CCNC(CSC(C)CC)CC(C)CC. The van der Waals surface area contributed by atoms with E-state index in [0.29, 0.717) is 6.04 Å². The van der Waals surface area contributed by atoms with Crippen molar-refractivity contribution in [1.82, 2.24) is 5.32 Å². The first kappa shape index (κ1) is 15.3. The number of hydrogen-bond donors (Lipinski definition) is 1. The van der Waals surface area contributed by atoms with E-state index in [1.165, 1.54) is 25.0 Å². The van der Waals surface area contributed by atoms with Gasteiger partial charge in [-0.3, -0.25) is 0 Å². The third kappa shape index (κ3) is 8.15. The molecule has 0 saturated heterocycles. The predicted octanol–water partition coefficient (Wildman–Crippen LogP) is 3.93. The summed E-state index contributed by atoms with van der Waals surface area (Å²) in [5.74, 6) is 2.12. The van der Waals surface area contributed by atoms with Crippen LogP contribution in [0.25, 0.3) is 0 Å². The molecule has 0 rings (SSSR count). The lowest BCUT2D eigenvalue weighted by Gasteiger charge is -2.22. The molecule has 0 aromatic carbocycles. The molecule has 0 radical (unpaired) electrons. The molecule has 0 amide bonds. The Morgan fingerprint density at radius 1 is 1.07 bits per heavy atom. The minimum Gasteiger partial charge on any atom is -0.313 e. The Morgan fingerprint density at radius 2 is 1.73 bits per heavy atom. The van der Waals surface area contributed by atoms with Crippen molar-refractivity contribution in [3.63, 3.8) is 0 Å². The Morgan fingerprint density at radius 3 is 2.20 bits per heavy atom. The number of thioether (sulfide) groups is 1. The molecule has 0 bridgehead atoms. The van der Waals surface area contributed by atoms with Gasteiger partial charge in [0.2, 0.25) is 0 Å². The summed E-state index contributed by atoms with van der Waals surface area (Å²) in [6.45, 7) is 12.6. The van der Waals surface area contributed by atoms with E-state index in [4.69, 9.17) is 0 Å². The molecule has 0 heterocycles. The van der Waals surface area contributed by atoms with Crippen LogP contribution in [-0.4, -0.2) is 23.6 Å². The van der Waals surface area contributed by atoms with E-state index in [0.717, 1.165) is 17.7 Å². The van der Waals surface area contributed by atoms with Crippen molar-refractivity contribution < 1.29 is 0 Å². The second kappa shape index (κ2) is 9.53. The van der Waals surface area contributed by atoms with Gasteiger partial charge in [0.15, 0.2) is 0 Å². The van der Waals surface area contributed by atoms with Crippen LogP contribution in [0.5, 0.6) is 0 Å². The van der Waals surface area contributed by atoms with E-state index in [-0.39, 0.29) is 0 Å². The van der Waals surface area contributed by atoms with E-state index in [1.807, 2.05) is 0 Å². The molecule has 0 aliphatic carbocycles. The van der Waals surface area contributed by atoms with Crippen molar-refractivity contribution in [2.45, 2.75) is 65.2 Å². The van der Waals surface area contributed by atoms with Gasteiger partial charge in [0.05, 0.1) is 0 Å². The fraction of sp³-hybridized carbons (Fsp3) is 1.00. The van der Waals surface area contributed by atoms with Crippen LogP contribution in [0, 0.1) is 5.92 Å². The van der Waals surface area contributed by atoms with Crippen LogP contribution in [0.3, 0.4) is 0 Å². The standard InChI is InChI=1S/C13H29NS/c1-6-11(4)9-13(14-8-3)10-15-12(5)7-2/h11-14H,6-10H2,1-5H3. The number of hydrogen-bond acceptors (Lipinski definition) is 2. The maximum Gasteiger partial charge on any atom is 0.0160 e. The molecule has 3 atom stereocenters. The van der Waals surface area contributed by atoms with Crippen molar-refractivity contribution >= 4 is 11.8 Å². The van der Waals surface area contributed by atoms with Gasteiger partial charge in [0.25, 0.3) is 0 Å². The Kier molecular flexibility index (Phi) is 9.73. The summed E-state index contributed by atoms with van der Waals surface area (Å²) in [5.41, 5.74) is 0. The molecule has 0 saturated carbocycles. The Hall–Kier alpha value is 0.310. The molecule has 0 aliphatic rings. The molecule has 0 aromatic rings. The van der Waals surface area contributed by atoms with Crippen LogP contribution in [0.4, 0.5) is 0 Å². The fourth-order valence-electron chi connectivity index (χ4n) is 1.55. The lowest BCUT2D eigenvalue weighted by atomic mass is 10.0. The van der Waals surface area contributed by atoms with Gasteiger partial charge in [-0.05, 0) is 25.3 Å². The summed E-state index contributed by atoms with van der Waals surface area (Å²) in [6.07, 6.45) is 3.91. The van der Waals surface area contributed by atoms with Crippen molar-refractivity contribution in [2.24, 2.45) is 5.92 Å². The largest absolute Gasteiger partial charge is 0.313 e. The second-order valence-electron chi connectivity index (χ2n) is 4.56. The highest BCUT2D eigenvalue weighted by Gasteiger charge is 2.12. The number of nitrogens with one attached hydrogen (secondary N) is 1. The maximum atomic E-state index is 3.61. The average molecular weight is 231 g/mol. The normalized spacial score (nSPS) is 17.4. The summed E-state index contributed by atoms with van der Waals surface area (Å²) < 4.78 is 0. The first-order valence-corrected chi connectivity index (χ1v) is 7.53. The zero-order valence-corrected chi connectivity index (χ0v) is 12.0. The van der Waals surface area contributed by atoms with Gasteiger partial charge in [-0.2, -0.15) is 11.8 Å². The van der Waals surface area contributed by atoms with Crippen LogP contribution in [0.15, 0.2) is 0 Å². The van der Waals surface area contributed by atoms with E-state index >= 15 is 0 Å². The monoisotopic (exact) mass is 231 g/mol. The van der Waals surface area contributed by atoms with Crippen LogP contribution in [0.1, 0.15) is 53.9 Å². The van der Waals surface area contributed by atoms with Gasteiger partial charge >= 0.3 is 0 Å². The highest BCUT2D eigenvalue weighted by molar-refractivity contribution is 7.99. The van der Waals surface area contributed by atoms with Crippen molar-refractivity contribution in [3.05, 3.63) is 0 Å². The molecule has 0 spiro atoms. The molecule has 1 N–H and O–H groups in total. The third-order valence-corrected chi connectivity index (χ3v) is 4.53. The summed E-state index contributed by atoms with van der Waals surface area (Å²) >= 11 is 2.11. The molecule has 1 nitrogen and oxygen atoms in total. The molecule has 2 heteroatoms. The minimum absolute atomic E-state index is 0.712. The molecule has 0 aliphatic heterocycles. The topological polar surface area (TPSA) is 12.0 Å². The Bertz CT molecular complexity index is 138. The van der Waals surface area contributed by atoms with Crippen molar-refractivity contribution in [1.29, 1.82) is 0 Å². The summed E-state index contributed by atoms with van der Waals surface area (Å²) in [5, 5.41) is 4.41. The second-order valence-corrected chi connectivity index (χ2v) is 6.03. The fourth-order valence-corrected chi connectivity index (χ4v) is 2.60. The highest BCUT2D eigenvalue weighted by Crippen LogP contribution is 2.18. The summed E-state index contributed by atoms with van der Waals surface area (Å²) in [6, 6.07) is 0.712. The van der Waals surface area contributed by atoms with E-state index in [1.54, 1.807) is 0 Å². The molecule has 92 valence electrons. The lowest BCUT2D eigenvalue weighted by molar-refractivity contribution is 0.423. The highest BCUT2D eigenvalue weighted by atomic mass is 32.2. The minimum atomic E-state index is 0.712. The molecular formula is C13H29NS. The molecule has 15 heavy (non-hydrogen) atoms. The Labute approximate surface area is 101 Å². The van der Waals surface area contributed by atoms with Crippen LogP contribution >= 0.6 is 11.8 Å². The predicted molar refractivity (Wildman–Crippen MR) is 73.7 cm³/mol. The molecule has 0 aromatic heterocycles. The first-order valence-electron chi connectivity index (χ1n) is 6.48. The van der Waals surface area contributed by atoms with E-state index < -0.39 is 0 Å². The molecule has 0 fully saturated rings. The maximum absolute atomic E-state index is 3.61. The third-order valence-electron chi connectivity index (χ3n) is 3.03. The van der Waals surface area contributed by atoms with Gasteiger partial charge < -0.3 is 5.32 Å². The smallest absolute Gasteiger partial charge is 0.0160 e. The van der Waals surface area contributed by atoms with Crippen molar-refractivity contribution in [3.8, 4) is 0 Å². The van der Waals surface area contributed by atoms with E-state index in [2.05, 4.69) is 51.7 Å². The van der Waals surface area contributed by atoms with E-state index in [9.17, 15) is 0 Å². The van der Waals surface area contributed by atoms with Gasteiger partial charge in [-0.25, -0.2) is 0 Å². The zero-order valence-electron chi connectivity index (χ0n) is 11.2. The zero-order chi connectivity index (χ0) is 11.7. The number of rotatable bonds is 9. The average Bonchev–Trinajstić information content (AvgIpc) is 2.25. The summed E-state index contributed by atoms with van der Waals surface area (Å²) in [4.78, 5) is 0. The first-order chi connectivity index (χ1) is 7.13. The quantitative estimate of drug-likeness (QED) is 0.645.